The van der Waals surface area contributed by atoms with Crippen molar-refractivity contribution in [3.05, 3.63) is 24.3 Å². The molecule has 0 saturated carbocycles. The lowest BCUT2D eigenvalue weighted by Crippen LogP contribution is -2.47. The first-order valence-corrected chi connectivity index (χ1v) is 8.06. The molecule has 3 rings (SSSR count). The molecule has 1 aromatic rings. The molecule has 1 aromatic carbocycles. The van der Waals surface area contributed by atoms with E-state index in [9.17, 15) is 9.59 Å². The molecule has 2 heterocycles. The summed E-state index contributed by atoms with van der Waals surface area (Å²) in [4.78, 5) is 28.1. The Labute approximate surface area is 136 Å². The molecule has 1 fully saturated rings. The largest absolute Gasteiger partial charge is 0.482 e. The lowest BCUT2D eigenvalue weighted by molar-refractivity contribution is -0.132. The highest BCUT2D eigenvalue weighted by Gasteiger charge is 2.29. The van der Waals surface area contributed by atoms with Crippen molar-refractivity contribution in [2.45, 2.75) is 13.3 Å². The molecule has 0 aliphatic carbocycles. The zero-order chi connectivity index (χ0) is 16.2. The predicted octanol–water partition coefficient (Wildman–Crippen LogP) is 1.30. The van der Waals surface area contributed by atoms with Gasteiger partial charge in [-0.1, -0.05) is 12.1 Å². The standard InChI is InChI=1S/C17H22N2O4/c1-2-18(9-13-7-8-22-11-13)16(20)10-19-14-5-3-4-6-15(14)23-12-17(19)21/h3-6,13H,2,7-12H2,1H3. The summed E-state index contributed by atoms with van der Waals surface area (Å²) in [5.41, 5.74) is 0.664. The van der Waals surface area contributed by atoms with E-state index in [1.54, 1.807) is 6.07 Å². The average Bonchev–Trinajstić information content (AvgIpc) is 3.08. The fourth-order valence-corrected chi connectivity index (χ4v) is 3.01. The molecule has 0 radical (unpaired) electrons. The Balaban J connectivity index is 1.69. The quantitative estimate of drug-likeness (QED) is 0.821. The molecule has 2 amide bonds. The summed E-state index contributed by atoms with van der Waals surface area (Å²) < 4.78 is 10.8. The number of hydrogen-bond donors (Lipinski definition) is 0. The summed E-state index contributed by atoms with van der Waals surface area (Å²) in [5, 5.41) is 0. The van der Waals surface area contributed by atoms with Crippen LogP contribution in [0.3, 0.4) is 0 Å². The van der Waals surface area contributed by atoms with Gasteiger partial charge in [0.15, 0.2) is 6.61 Å². The third-order valence-corrected chi connectivity index (χ3v) is 4.34. The van der Waals surface area contributed by atoms with Gasteiger partial charge in [0.2, 0.25) is 5.91 Å². The van der Waals surface area contributed by atoms with Crippen LogP contribution < -0.4 is 9.64 Å². The highest BCUT2D eigenvalue weighted by Crippen LogP contribution is 2.31. The Bertz CT molecular complexity index is 584. The maximum Gasteiger partial charge on any atom is 0.265 e. The molecule has 0 bridgehead atoms. The molecule has 0 N–H and O–H groups in total. The van der Waals surface area contributed by atoms with Crippen LogP contribution in [0, 0.1) is 5.92 Å². The van der Waals surface area contributed by atoms with Gasteiger partial charge in [-0.05, 0) is 25.5 Å². The summed E-state index contributed by atoms with van der Waals surface area (Å²) in [6, 6.07) is 7.31. The third-order valence-electron chi connectivity index (χ3n) is 4.34. The summed E-state index contributed by atoms with van der Waals surface area (Å²) in [6.07, 6.45) is 0.989. The first kappa shape index (κ1) is 15.8. The minimum atomic E-state index is -0.183. The van der Waals surface area contributed by atoms with E-state index in [4.69, 9.17) is 9.47 Å². The number of para-hydroxylation sites is 2. The minimum Gasteiger partial charge on any atom is -0.482 e. The highest BCUT2D eigenvalue weighted by atomic mass is 16.5. The number of amides is 2. The molecule has 124 valence electrons. The average molecular weight is 318 g/mol. The fourth-order valence-electron chi connectivity index (χ4n) is 3.01. The van der Waals surface area contributed by atoms with Gasteiger partial charge in [-0.25, -0.2) is 0 Å². The van der Waals surface area contributed by atoms with E-state index < -0.39 is 0 Å². The van der Waals surface area contributed by atoms with E-state index in [2.05, 4.69) is 0 Å². The van der Waals surface area contributed by atoms with Crippen LogP contribution in [0.4, 0.5) is 5.69 Å². The van der Waals surface area contributed by atoms with Crippen LogP contribution in [0.15, 0.2) is 24.3 Å². The predicted molar refractivity (Wildman–Crippen MR) is 85.5 cm³/mol. The topological polar surface area (TPSA) is 59.1 Å². The van der Waals surface area contributed by atoms with Crippen LogP contribution in [-0.2, 0) is 14.3 Å². The highest BCUT2D eigenvalue weighted by molar-refractivity contribution is 6.02. The van der Waals surface area contributed by atoms with Crippen LogP contribution in [-0.4, -0.2) is 56.2 Å². The Morgan fingerprint density at radius 3 is 2.96 bits per heavy atom. The molecule has 2 aliphatic rings. The Kier molecular flexibility index (Phi) is 4.81. The van der Waals surface area contributed by atoms with Crippen LogP contribution in [0.5, 0.6) is 5.75 Å². The summed E-state index contributed by atoms with van der Waals surface area (Å²) in [7, 11) is 0. The molecule has 1 atom stereocenters. The van der Waals surface area contributed by atoms with Crippen molar-refractivity contribution in [3.8, 4) is 5.75 Å². The van der Waals surface area contributed by atoms with Gasteiger partial charge in [-0.3, -0.25) is 14.5 Å². The number of hydrogen-bond acceptors (Lipinski definition) is 4. The second-order valence-corrected chi connectivity index (χ2v) is 5.90. The van der Waals surface area contributed by atoms with Crippen molar-refractivity contribution in [1.82, 2.24) is 4.90 Å². The van der Waals surface area contributed by atoms with E-state index in [-0.39, 0.29) is 25.0 Å². The van der Waals surface area contributed by atoms with E-state index in [1.165, 1.54) is 4.90 Å². The number of carbonyl (C=O) groups excluding carboxylic acids is 2. The number of anilines is 1. The van der Waals surface area contributed by atoms with Crippen molar-refractivity contribution < 1.29 is 19.1 Å². The van der Waals surface area contributed by atoms with Crippen molar-refractivity contribution in [3.63, 3.8) is 0 Å². The van der Waals surface area contributed by atoms with E-state index in [0.29, 0.717) is 37.1 Å². The number of rotatable bonds is 5. The van der Waals surface area contributed by atoms with Gasteiger partial charge < -0.3 is 14.4 Å². The fraction of sp³-hybridized carbons (Fsp3) is 0.529. The maximum absolute atomic E-state index is 12.6. The van der Waals surface area contributed by atoms with E-state index in [0.717, 1.165) is 13.0 Å². The van der Waals surface area contributed by atoms with Gasteiger partial charge in [-0.15, -0.1) is 0 Å². The second kappa shape index (κ2) is 7.00. The molecule has 6 heteroatoms. The summed E-state index contributed by atoms with van der Waals surface area (Å²) in [5.74, 6) is 0.820. The number of nitrogens with zero attached hydrogens (tertiary/aromatic N) is 2. The van der Waals surface area contributed by atoms with Crippen LogP contribution in [0.2, 0.25) is 0 Å². The van der Waals surface area contributed by atoms with Crippen molar-refractivity contribution >= 4 is 17.5 Å². The normalized spacial score (nSPS) is 20.1. The van der Waals surface area contributed by atoms with Crippen LogP contribution in [0.25, 0.3) is 0 Å². The molecular formula is C17H22N2O4. The zero-order valence-electron chi connectivity index (χ0n) is 13.4. The van der Waals surface area contributed by atoms with Crippen LogP contribution >= 0.6 is 0 Å². The van der Waals surface area contributed by atoms with Gasteiger partial charge in [0.25, 0.3) is 5.91 Å². The Hall–Kier alpha value is -2.08. The summed E-state index contributed by atoms with van der Waals surface area (Å²) in [6.45, 7) is 4.80. The lowest BCUT2D eigenvalue weighted by Gasteiger charge is -2.31. The van der Waals surface area contributed by atoms with Crippen LogP contribution in [0.1, 0.15) is 13.3 Å². The number of likely N-dealkylation sites (N-methyl/N-ethyl adjacent to an activating group) is 1. The molecule has 1 saturated heterocycles. The second-order valence-electron chi connectivity index (χ2n) is 5.90. The zero-order valence-corrected chi connectivity index (χ0v) is 13.4. The lowest BCUT2D eigenvalue weighted by atomic mass is 10.1. The smallest absolute Gasteiger partial charge is 0.265 e. The SMILES string of the molecule is CCN(CC1CCOC1)C(=O)CN1C(=O)COc2ccccc21. The molecule has 23 heavy (non-hydrogen) atoms. The maximum atomic E-state index is 12.6. The monoisotopic (exact) mass is 318 g/mol. The number of ether oxygens (including phenoxy) is 2. The molecule has 0 spiro atoms. The number of carbonyl (C=O) groups is 2. The van der Waals surface area contributed by atoms with Gasteiger partial charge in [0, 0.05) is 25.6 Å². The minimum absolute atomic E-state index is 0.0209. The molecule has 1 unspecified atom stereocenters. The van der Waals surface area contributed by atoms with Gasteiger partial charge in [0.05, 0.1) is 12.3 Å². The van der Waals surface area contributed by atoms with E-state index in [1.807, 2.05) is 30.0 Å². The summed E-state index contributed by atoms with van der Waals surface area (Å²) >= 11 is 0. The van der Waals surface area contributed by atoms with Gasteiger partial charge in [-0.2, -0.15) is 0 Å². The number of fused-ring (bicyclic) bond motifs is 1. The first-order chi connectivity index (χ1) is 11.2. The van der Waals surface area contributed by atoms with Gasteiger partial charge in [0.1, 0.15) is 12.3 Å². The van der Waals surface area contributed by atoms with Crippen molar-refractivity contribution in [2.75, 3.05) is 44.4 Å². The Morgan fingerprint density at radius 2 is 2.22 bits per heavy atom. The first-order valence-electron chi connectivity index (χ1n) is 8.06. The Morgan fingerprint density at radius 1 is 1.39 bits per heavy atom. The third kappa shape index (κ3) is 3.47. The molecule has 6 nitrogen and oxygen atoms in total. The van der Waals surface area contributed by atoms with Gasteiger partial charge >= 0.3 is 0 Å². The molecular weight excluding hydrogens is 296 g/mol. The number of benzene rings is 1. The molecule has 0 aromatic heterocycles. The van der Waals surface area contributed by atoms with Crippen molar-refractivity contribution in [1.29, 1.82) is 0 Å². The van der Waals surface area contributed by atoms with Crippen molar-refractivity contribution in [2.24, 2.45) is 5.92 Å². The van der Waals surface area contributed by atoms with E-state index >= 15 is 0 Å². The molecule has 2 aliphatic heterocycles.